The number of sulfonamides is 1. The van der Waals surface area contributed by atoms with Gasteiger partial charge in [-0.2, -0.15) is 0 Å². The third-order valence-corrected chi connectivity index (χ3v) is 9.09. The number of benzene rings is 3. The molecule has 242 valence electrons. The van der Waals surface area contributed by atoms with Crippen molar-refractivity contribution in [3.63, 3.8) is 0 Å². The van der Waals surface area contributed by atoms with Gasteiger partial charge >= 0.3 is 0 Å². The van der Waals surface area contributed by atoms with Crippen molar-refractivity contribution in [2.45, 2.75) is 4.90 Å². The number of methoxy groups -OCH3 is 2. The summed E-state index contributed by atoms with van der Waals surface area (Å²) in [5.74, 6) is -1.63. The van der Waals surface area contributed by atoms with Gasteiger partial charge < -0.3 is 24.8 Å². The number of carbonyl (C=O) groups is 1. The number of nitrogens with one attached hydrogen (secondary N) is 1. The van der Waals surface area contributed by atoms with Gasteiger partial charge in [0.2, 0.25) is 5.88 Å². The van der Waals surface area contributed by atoms with E-state index in [0.29, 0.717) is 76.8 Å². The number of rotatable bonds is 8. The Morgan fingerprint density at radius 2 is 1.72 bits per heavy atom. The molecule has 3 N–H and O–H groups in total. The number of nitrogens with two attached hydrogens (primary N) is 1. The predicted octanol–water partition coefficient (Wildman–Crippen LogP) is 5.11. The zero-order chi connectivity index (χ0) is 33.3. The number of amides is 1. The lowest BCUT2D eigenvalue weighted by Crippen LogP contribution is -2.40. The van der Waals surface area contributed by atoms with E-state index in [4.69, 9.17) is 19.9 Å². The van der Waals surface area contributed by atoms with Crippen molar-refractivity contribution in [3.05, 3.63) is 90.1 Å². The molecule has 47 heavy (non-hydrogen) atoms. The second-order valence-electron chi connectivity index (χ2n) is 10.6. The summed E-state index contributed by atoms with van der Waals surface area (Å²) in [5, 5.41) is 0.702. The smallest absolute Gasteiger partial charge is 0.264 e. The molecule has 2 aromatic heterocycles. The van der Waals surface area contributed by atoms with Crippen molar-refractivity contribution in [2.24, 2.45) is 0 Å². The fourth-order valence-corrected chi connectivity index (χ4v) is 6.43. The van der Waals surface area contributed by atoms with Crippen LogP contribution < -0.4 is 19.9 Å². The third kappa shape index (κ3) is 6.37. The lowest BCUT2D eigenvalue weighted by Gasteiger charge is -2.27. The highest BCUT2D eigenvalue weighted by Crippen LogP contribution is 2.37. The van der Waals surface area contributed by atoms with Gasteiger partial charge in [0.25, 0.3) is 15.9 Å². The van der Waals surface area contributed by atoms with Crippen molar-refractivity contribution in [3.8, 4) is 33.9 Å². The number of aromatic nitrogens is 2. The number of halogens is 2. The van der Waals surface area contributed by atoms with Gasteiger partial charge in [0.05, 0.1) is 33.0 Å². The van der Waals surface area contributed by atoms with Crippen LogP contribution in [-0.4, -0.2) is 69.7 Å². The Bertz CT molecular complexity index is 2120. The molecule has 1 amide bonds. The Labute approximate surface area is 269 Å². The van der Waals surface area contributed by atoms with Crippen LogP contribution in [0.4, 0.5) is 20.3 Å². The Morgan fingerprint density at radius 3 is 2.45 bits per heavy atom. The van der Waals surface area contributed by atoms with E-state index in [1.54, 1.807) is 35.2 Å². The zero-order valence-corrected chi connectivity index (χ0v) is 26.1. The van der Waals surface area contributed by atoms with Crippen LogP contribution in [0.2, 0.25) is 0 Å². The van der Waals surface area contributed by atoms with Gasteiger partial charge in [-0.05, 0) is 60.2 Å². The quantitative estimate of drug-likeness (QED) is 0.232. The summed E-state index contributed by atoms with van der Waals surface area (Å²) in [6, 6.07) is 16.0. The molecule has 3 heterocycles. The van der Waals surface area contributed by atoms with Gasteiger partial charge in [0.15, 0.2) is 0 Å². The summed E-state index contributed by atoms with van der Waals surface area (Å²) >= 11 is 0. The number of carbonyl (C=O) groups excluding carboxylic acids is 1. The molecule has 5 aromatic rings. The fourth-order valence-electron chi connectivity index (χ4n) is 5.32. The lowest BCUT2D eigenvalue weighted by molar-refractivity contribution is 0.0302. The summed E-state index contributed by atoms with van der Waals surface area (Å²) in [6.45, 7) is 2.00. The third-order valence-electron chi connectivity index (χ3n) is 7.69. The van der Waals surface area contributed by atoms with Crippen molar-refractivity contribution in [1.29, 1.82) is 0 Å². The summed E-state index contributed by atoms with van der Waals surface area (Å²) in [7, 11) is -1.64. The minimum absolute atomic E-state index is 0.0543. The molecular formula is C33H29F2N5O6S. The highest BCUT2D eigenvalue weighted by Gasteiger charge is 2.23. The molecule has 0 saturated carbocycles. The monoisotopic (exact) mass is 661 g/mol. The predicted molar refractivity (Wildman–Crippen MR) is 172 cm³/mol. The highest BCUT2D eigenvalue weighted by molar-refractivity contribution is 7.92. The number of ether oxygens (including phenoxy) is 3. The van der Waals surface area contributed by atoms with Crippen LogP contribution in [0.25, 0.3) is 33.2 Å². The van der Waals surface area contributed by atoms with Gasteiger partial charge in [0, 0.05) is 53.0 Å². The first kappa shape index (κ1) is 31.6. The molecule has 3 aromatic carbocycles. The molecule has 6 rings (SSSR count). The van der Waals surface area contributed by atoms with Crippen LogP contribution in [0.3, 0.4) is 0 Å². The molecule has 1 fully saturated rings. The van der Waals surface area contributed by atoms with E-state index in [0.717, 1.165) is 12.1 Å². The van der Waals surface area contributed by atoms with Crippen molar-refractivity contribution < 1.29 is 36.2 Å². The van der Waals surface area contributed by atoms with Gasteiger partial charge in [-0.15, -0.1) is 0 Å². The Balaban J connectivity index is 1.35. The molecule has 11 nitrogen and oxygen atoms in total. The summed E-state index contributed by atoms with van der Waals surface area (Å²) in [6.07, 6.45) is 1.50. The van der Waals surface area contributed by atoms with Crippen LogP contribution in [-0.2, 0) is 14.8 Å². The molecule has 0 unspecified atom stereocenters. The van der Waals surface area contributed by atoms with Crippen LogP contribution in [0.15, 0.2) is 77.8 Å². The minimum atomic E-state index is -4.47. The molecule has 0 atom stereocenters. The van der Waals surface area contributed by atoms with Gasteiger partial charge in [-0.25, -0.2) is 27.2 Å². The average molecular weight is 662 g/mol. The van der Waals surface area contributed by atoms with E-state index in [1.807, 2.05) is 12.1 Å². The number of hydrogen-bond donors (Lipinski definition) is 2. The minimum Gasteiger partial charge on any atom is -0.496 e. The summed E-state index contributed by atoms with van der Waals surface area (Å²) < 4.78 is 72.3. The number of hydrogen-bond acceptors (Lipinski definition) is 9. The first-order valence-corrected chi connectivity index (χ1v) is 15.8. The normalized spacial score (nSPS) is 13.4. The number of nitrogens with zero attached hydrogens (tertiary/aromatic N) is 3. The number of anilines is 2. The van der Waals surface area contributed by atoms with E-state index in [2.05, 4.69) is 14.7 Å². The van der Waals surface area contributed by atoms with Crippen LogP contribution in [0, 0.1) is 11.6 Å². The first-order chi connectivity index (χ1) is 22.6. The maximum atomic E-state index is 14.3. The summed E-state index contributed by atoms with van der Waals surface area (Å²) in [4.78, 5) is 22.9. The number of morpholine rings is 1. The second-order valence-corrected chi connectivity index (χ2v) is 12.3. The van der Waals surface area contributed by atoms with Crippen molar-refractivity contribution in [1.82, 2.24) is 14.9 Å². The largest absolute Gasteiger partial charge is 0.496 e. The average Bonchev–Trinajstić information content (AvgIpc) is 3.07. The molecular weight excluding hydrogens is 632 g/mol. The molecule has 1 saturated heterocycles. The van der Waals surface area contributed by atoms with Crippen LogP contribution >= 0.6 is 0 Å². The van der Waals surface area contributed by atoms with Crippen molar-refractivity contribution in [2.75, 3.05) is 51.0 Å². The standard InChI is InChI=1S/C33H29F2N5O6S/c1-44-29-16-20(33(41)40-9-11-46-12-10-40)3-6-24(29)25-14-21-13-19(4-7-27(21)38-31(25)36)22-15-28(32(45-2)37-18-22)39-47(42,43)30-8-5-23(34)17-26(30)35/h3-8,13-18,39H,9-12H2,1-2H3,(H2,36,38). The molecule has 0 radical (unpaired) electrons. The van der Waals surface area contributed by atoms with Gasteiger partial charge in [-0.1, -0.05) is 6.07 Å². The molecule has 0 bridgehead atoms. The fraction of sp³-hybridized carbons (Fsp3) is 0.182. The van der Waals surface area contributed by atoms with E-state index in [9.17, 15) is 22.0 Å². The zero-order valence-electron chi connectivity index (χ0n) is 25.3. The van der Waals surface area contributed by atoms with Crippen molar-refractivity contribution >= 4 is 38.3 Å². The Hall–Kier alpha value is -5.34. The molecule has 0 spiro atoms. The number of fused-ring (bicyclic) bond motifs is 1. The Morgan fingerprint density at radius 1 is 0.936 bits per heavy atom. The highest BCUT2D eigenvalue weighted by atomic mass is 32.2. The molecule has 1 aliphatic rings. The van der Waals surface area contributed by atoms with Gasteiger partial charge in [0.1, 0.15) is 33.8 Å². The van der Waals surface area contributed by atoms with Crippen LogP contribution in [0.1, 0.15) is 10.4 Å². The Kier molecular flexibility index (Phi) is 8.62. The molecule has 1 aliphatic heterocycles. The van der Waals surface area contributed by atoms with E-state index in [-0.39, 0.29) is 23.3 Å². The topological polar surface area (TPSA) is 146 Å². The maximum Gasteiger partial charge on any atom is 0.264 e. The lowest BCUT2D eigenvalue weighted by atomic mass is 9.99. The number of nitrogen functional groups attached to an aromatic ring is 1. The summed E-state index contributed by atoms with van der Waals surface area (Å²) in [5.41, 5.74) is 9.79. The van der Waals surface area contributed by atoms with E-state index < -0.39 is 26.6 Å². The van der Waals surface area contributed by atoms with Crippen LogP contribution in [0.5, 0.6) is 11.6 Å². The van der Waals surface area contributed by atoms with E-state index >= 15 is 0 Å². The molecule has 0 aliphatic carbocycles. The SMILES string of the molecule is COc1cc(C(=O)N2CCOCC2)ccc1-c1cc2cc(-c3cnc(OC)c(NS(=O)(=O)c4ccc(F)cc4F)c3)ccc2nc1N. The van der Waals surface area contributed by atoms with Gasteiger partial charge in [-0.3, -0.25) is 9.52 Å². The first-order valence-electron chi connectivity index (χ1n) is 14.4. The number of pyridine rings is 2. The van der Waals surface area contributed by atoms with E-state index in [1.165, 1.54) is 26.5 Å². The maximum absolute atomic E-state index is 14.3. The second kappa shape index (κ2) is 12.8. The molecule has 14 heteroatoms.